The van der Waals surface area contributed by atoms with Crippen LogP contribution < -0.4 is 4.74 Å². The summed E-state index contributed by atoms with van der Waals surface area (Å²) >= 11 is 0. The molecule has 4 bridgehead atoms. The number of ether oxygens (including phenoxy) is 1. The molecule has 0 N–H and O–H groups in total. The number of pyridine rings is 3. The Bertz CT molecular complexity index is 580. The summed E-state index contributed by atoms with van der Waals surface area (Å²) in [7, 11) is 0. The summed E-state index contributed by atoms with van der Waals surface area (Å²) in [5.41, 5.74) is 1.60. The molecule has 0 unspecified atom stereocenters. The van der Waals surface area contributed by atoms with Gasteiger partial charge in [0.15, 0.2) is 0 Å². The maximum atomic E-state index is 12.0. The monoisotopic (exact) mass is 207 g/mol. The van der Waals surface area contributed by atoms with Crippen molar-refractivity contribution in [3.05, 3.63) is 24.3 Å². The molecule has 0 aliphatic heterocycles. The first-order chi connectivity index (χ1) is 7.24. The van der Waals surface area contributed by atoms with Gasteiger partial charge >= 0.3 is 0 Å². The summed E-state index contributed by atoms with van der Waals surface area (Å²) in [5, 5.41) is 1.83. The van der Waals surface area contributed by atoms with Gasteiger partial charge < -0.3 is 4.74 Å². The molecular formula is C11H7F2NO. The standard InChI is InChI=1S/C11H7F2NO/c12-11(13)5-15-10-4-9-6-1-2-8(14-9)7(10)3-6/h1-4,11H,5H2. The zero-order chi connectivity index (χ0) is 10.4. The van der Waals surface area contributed by atoms with E-state index in [4.69, 9.17) is 4.74 Å². The van der Waals surface area contributed by atoms with E-state index in [0.717, 1.165) is 21.8 Å². The van der Waals surface area contributed by atoms with E-state index in [1.165, 1.54) is 0 Å². The van der Waals surface area contributed by atoms with Crippen molar-refractivity contribution >= 4 is 21.8 Å². The Labute approximate surface area is 84.1 Å². The first-order valence-corrected chi connectivity index (χ1v) is 4.60. The zero-order valence-corrected chi connectivity index (χ0v) is 7.71. The highest BCUT2D eigenvalue weighted by molar-refractivity contribution is 6.02. The molecule has 0 aliphatic carbocycles. The first-order valence-electron chi connectivity index (χ1n) is 4.60. The number of nitrogens with zero attached hydrogens (tertiary/aromatic N) is 1. The molecule has 0 radical (unpaired) electrons. The predicted octanol–water partition coefficient (Wildman–Crippen LogP) is 2.91. The minimum absolute atomic E-state index is 0.503. The molecule has 0 spiro atoms. The van der Waals surface area contributed by atoms with E-state index in [9.17, 15) is 8.78 Å². The largest absolute Gasteiger partial charge is 0.487 e. The van der Waals surface area contributed by atoms with Crippen molar-refractivity contribution in [3.63, 3.8) is 0 Å². The maximum absolute atomic E-state index is 12.0. The number of hydrogen-bond acceptors (Lipinski definition) is 2. The molecule has 15 heavy (non-hydrogen) atoms. The van der Waals surface area contributed by atoms with Crippen LogP contribution in [-0.4, -0.2) is 18.0 Å². The molecule has 0 amide bonds. The Kier molecular flexibility index (Phi) is 1.65. The quantitative estimate of drug-likeness (QED) is 0.658. The van der Waals surface area contributed by atoms with Crippen molar-refractivity contribution in [2.45, 2.75) is 6.43 Å². The van der Waals surface area contributed by atoms with Crippen LogP contribution in [0.2, 0.25) is 0 Å². The second kappa shape index (κ2) is 2.89. The predicted molar refractivity (Wildman–Crippen MR) is 53.1 cm³/mol. The third-order valence-electron chi connectivity index (χ3n) is 2.43. The lowest BCUT2D eigenvalue weighted by atomic mass is 10.1. The van der Waals surface area contributed by atoms with E-state index < -0.39 is 13.0 Å². The SMILES string of the molecule is FC(F)COc1cc2nc3ccc2cc13. The Balaban J connectivity index is 2.05. The molecule has 0 fully saturated rings. The van der Waals surface area contributed by atoms with Gasteiger partial charge in [0.05, 0.1) is 11.0 Å². The summed E-state index contributed by atoms with van der Waals surface area (Å²) in [5.74, 6) is 0.503. The van der Waals surface area contributed by atoms with Crippen LogP contribution in [0, 0.1) is 0 Å². The third kappa shape index (κ3) is 1.25. The fourth-order valence-electron chi connectivity index (χ4n) is 1.77. The fourth-order valence-corrected chi connectivity index (χ4v) is 1.77. The average Bonchev–Trinajstić information content (AvgIpc) is 2.26. The van der Waals surface area contributed by atoms with Gasteiger partial charge in [0.2, 0.25) is 0 Å². The number of alkyl halides is 2. The molecule has 0 saturated carbocycles. The van der Waals surface area contributed by atoms with Crippen molar-refractivity contribution in [1.29, 1.82) is 0 Å². The minimum Gasteiger partial charge on any atom is -0.487 e. The fraction of sp³-hybridized carbons (Fsp3) is 0.182. The van der Waals surface area contributed by atoms with Crippen LogP contribution in [0.15, 0.2) is 24.3 Å². The van der Waals surface area contributed by atoms with Crippen molar-refractivity contribution in [2.24, 2.45) is 0 Å². The highest BCUT2D eigenvalue weighted by atomic mass is 19.3. The van der Waals surface area contributed by atoms with Crippen LogP contribution in [0.3, 0.4) is 0 Å². The van der Waals surface area contributed by atoms with Gasteiger partial charge in [-0.05, 0) is 12.1 Å². The normalized spacial score (nSPS) is 12.2. The van der Waals surface area contributed by atoms with Crippen molar-refractivity contribution in [2.75, 3.05) is 6.61 Å². The summed E-state index contributed by atoms with van der Waals surface area (Å²) in [4.78, 5) is 4.29. The molecule has 3 heterocycles. The van der Waals surface area contributed by atoms with Gasteiger partial charge in [-0.25, -0.2) is 13.8 Å². The van der Waals surface area contributed by atoms with Gasteiger partial charge in [0.1, 0.15) is 12.4 Å². The summed E-state index contributed by atoms with van der Waals surface area (Å²) in [6, 6.07) is 7.45. The molecular weight excluding hydrogens is 200 g/mol. The van der Waals surface area contributed by atoms with Gasteiger partial charge in [-0.3, -0.25) is 0 Å². The van der Waals surface area contributed by atoms with Crippen LogP contribution in [0.1, 0.15) is 0 Å². The van der Waals surface area contributed by atoms with Gasteiger partial charge in [-0.15, -0.1) is 0 Å². The van der Waals surface area contributed by atoms with E-state index in [2.05, 4.69) is 4.98 Å². The zero-order valence-electron chi connectivity index (χ0n) is 7.71. The number of halogens is 2. The summed E-state index contributed by atoms with van der Waals surface area (Å²) in [6.07, 6.45) is -2.45. The van der Waals surface area contributed by atoms with Crippen LogP contribution in [0.5, 0.6) is 5.75 Å². The Morgan fingerprint density at radius 3 is 2.67 bits per heavy atom. The molecule has 4 heteroatoms. The molecule has 5 aromatic rings. The number of aromatic nitrogens is 1. The maximum Gasteiger partial charge on any atom is 0.272 e. The molecule has 2 nitrogen and oxygen atoms in total. The number of fused-ring (bicyclic) bond motifs is 2. The number of benzene rings is 2. The highest BCUT2D eigenvalue weighted by Crippen LogP contribution is 2.33. The van der Waals surface area contributed by atoms with Crippen molar-refractivity contribution < 1.29 is 13.5 Å². The number of rotatable bonds is 3. The molecule has 2 aromatic carbocycles. The van der Waals surface area contributed by atoms with E-state index in [1.54, 1.807) is 6.07 Å². The van der Waals surface area contributed by atoms with Gasteiger partial charge in [-0.1, -0.05) is 6.07 Å². The van der Waals surface area contributed by atoms with Gasteiger partial charge in [-0.2, -0.15) is 0 Å². The lowest BCUT2D eigenvalue weighted by Crippen LogP contribution is -2.08. The Morgan fingerprint density at radius 1 is 1.20 bits per heavy atom. The summed E-state index contributed by atoms with van der Waals surface area (Å²) < 4.78 is 29.0. The second-order valence-electron chi connectivity index (χ2n) is 3.44. The van der Waals surface area contributed by atoms with E-state index in [1.807, 2.05) is 18.2 Å². The molecule has 76 valence electrons. The second-order valence-corrected chi connectivity index (χ2v) is 3.44. The van der Waals surface area contributed by atoms with E-state index in [0.29, 0.717) is 5.75 Å². The lowest BCUT2D eigenvalue weighted by Gasteiger charge is -2.13. The molecule has 0 aliphatic rings. The lowest BCUT2D eigenvalue weighted by molar-refractivity contribution is 0.0827. The van der Waals surface area contributed by atoms with Crippen LogP contribution in [-0.2, 0) is 0 Å². The smallest absolute Gasteiger partial charge is 0.272 e. The van der Waals surface area contributed by atoms with Gasteiger partial charge in [0, 0.05) is 16.8 Å². The van der Waals surface area contributed by atoms with E-state index >= 15 is 0 Å². The average molecular weight is 207 g/mol. The Hall–Kier alpha value is -1.71. The van der Waals surface area contributed by atoms with Crippen molar-refractivity contribution in [3.8, 4) is 5.75 Å². The van der Waals surface area contributed by atoms with Crippen LogP contribution in [0.25, 0.3) is 21.8 Å². The highest BCUT2D eigenvalue weighted by Gasteiger charge is 2.13. The minimum atomic E-state index is -2.45. The molecule has 5 rings (SSSR count). The molecule has 0 saturated heterocycles. The molecule has 3 aromatic heterocycles. The summed E-state index contributed by atoms with van der Waals surface area (Å²) in [6.45, 7) is -0.567. The van der Waals surface area contributed by atoms with Crippen LogP contribution in [0.4, 0.5) is 8.78 Å². The third-order valence-corrected chi connectivity index (χ3v) is 2.43. The number of hydrogen-bond donors (Lipinski definition) is 0. The molecule has 0 atom stereocenters. The van der Waals surface area contributed by atoms with Crippen LogP contribution >= 0.6 is 0 Å². The Morgan fingerprint density at radius 2 is 2.07 bits per heavy atom. The topological polar surface area (TPSA) is 22.1 Å². The van der Waals surface area contributed by atoms with Crippen molar-refractivity contribution in [1.82, 2.24) is 4.98 Å². The first kappa shape index (κ1) is 8.59. The van der Waals surface area contributed by atoms with E-state index in [-0.39, 0.29) is 0 Å². The van der Waals surface area contributed by atoms with Gasteiger partial charge in [0.25, 0.3) is 6.43 Å².